The number of carbonyl (C=O) groups excluding carboxylic acids is 1. The van der Waals surface area contributed by atoms with Crippen molar-refractivity contribution in [1.29, 1.82) is 0 Å². The molecule has 1 aromatic carbocycles. The van der Waals surface area contributed by atoms with Crippen LogP contribution in [0.25, 0.3) is 0 Å². The third kappa shape index (κ3) is 3.23. The van der Waals surface area contributed by atoms with Gasteiger partial charge in [-0.2, -0.15) is 0 Å². The third-order valence-corrected chi connectivity index (χ3v) is 3.08. The normalized spacial score (nSPS) is 11.0. The van der Waals surface area contributed by atoms with Gasteiger partial charge in [-0.25, -0.2) is 4.79 Å². The Morgan fingerprint density at radius 1 is 1.44 bits per heavy atom. The average Bonchev–Trinajstić information content (AvgIpc) is 2.34. The molecule has 0 heterocycles. The van der Waals surface area contributed by atoms with E-state index < -0.39 is 0 Å². The number of hydrogen-bond donors (Lipinski definition) is 1. The first-order valence-corrected chi connectivity index (χ1v) is 6.21. The first-order valence-electron chi connectivity index (χ1n) is 6.21. The van der Waals surface area contributed by atoms with Crippen LogP contribution in [0.3, 0.4) is 0 Å². The van der Waals surface area contributed by atoms with Crippen molar-refractivity contribution < 1.29 is 9.53 Å². The van der Waals surface area contributed by atoms with Crippen LogP contribution in [0.4, 0.5) is 5.69 Å². The smallest absolute Gasteiger partial charge is 0.340 e. The minimum atomic E-state index is -0.372. The number of benzene rings is 1. The van der Waals surface area contributed by atoms with Crippen LogP contribution in [0.15, 0.2) is 18.2 Å². The molecule has 0 saturated heterocycles. The quantitative estimate of drug-likeness (QED) is 0.643. The number of nitrogens with zero attached hydrogens (tertiary/aromatic N) is 1. The Balaban J connectivity index is 3.08. The van der Waals surface area contributed by atoms with E-state index in [0.717, 1.165) is 12.1 Å². The summed E-state index contributed by atoms with van der Waals surface area (Å²) in [4.78, 5) is 14.0. The van der Waals surface area contributed by atoms with E-state index in [0.29, 0.717) is 23.8 Å². The Morgan fingerprint density at radius 3 is 2.61 bits per heavy atom. The average molecular weight is 250 g/mol. The van der Waals surface area contributed by atoms with Crippen LogP contribution in [0.2, 0.25) is 0 Å². The van der Waals surface area contributed by atoms with E-state index in [4.69, 9.17) is 10.5 Å². The topological polar surface area (TPSA) is 55.6 Å². The minimum Gasteiger partial charge on any atom is -0.465 e. The highest BCUT2D eigenvalue weighted by molar-refractivity contribution is 5.96. The van der Waals surface area contributed by atoms with Crippen LogP contribution in [0.1, 0.15) is 36.7 Å². The van der Waals surface area contributed by atoms with Crippen molar-refractivity contribution in [2.45, 2.75) is 33.4 Å². The van der Waals surface area contributed by atoms with Gasteiger partial charge in [-0.3, -0.25) is 4.90 Å². The number of rotatable bonds is 5. The molecule has 0 aliphatic heterocycles. The van der Waals surface area contributed by atoms with E-state index in [2.05, 4.69) is 25.7 Å². The highest BCUT2D eigenvalue weighted by Gasteiger charge is 2.17. The van der Waals surface area contributed by atoms with Gasteiger partial charge < -0.3 is 10.5 Å². The molecule has 0 fully saturated rings. The maximum Gasteiger partial charge on any atom is 0.340 e. The Bertz CT molecular complexity index is 416. The van der Waals surface area contributed by atoms with Crippen molar-refractivity contribution >= 4 is 11.7 Å². The molecular formula is C14H22N2O2. The van der Waals surface area contributed by atoms with Crippen molar-refractivity contribution in [2.75, 3.05) is 19.4 Å². The maximum absolute atomic E-state index is 11.8. The summed E-state index contributed by atoms with van der Waals surface area (Å²) in [6.45, 7) is 7.99. The van der Waals surface area contributed by atoms with Gasteiger partial charge in [0.15, 0.2) is 0 Å². The number of ether oxygens (including phenoxy) is 1. The molecular weight excluding hydrogens is 228 g/mol. The summed E-state index contributed by atoms with van der Waals surface area (Å²) in [5.41, 5.74) is 7.74. The first kappa shape index (κ1) is 14.5. The Hall–Kier alpha value is -1.55. The lowest BCUT2D eigenvalue weighted by Crippen LogP contribution is -2.30. The van der Waals surface area contributed by atoms with Crippen LogP contribution < -0.4 is 5.73 Å². The van der Waals surface area contributed by atoms with E-state index >= 15 is 0 Å². The molecule has 0 amide bonds. The summed E-state index contributed by atoms with van der Waals surface area (Å²) in [6, 6.07) is 5.93. The fraction of sp³-hybridized carbons (Fsp3) is 0.500. The van der Waals surface area contributed by atoms with Gasteiger partial charge in [-0.05, 0) is 32.0 Å². The van der Waals surface area contributed by atoms with Crippen LogP contribution in [-0.4, -0.2) is 30.6 Å². The van der Waals surface area contributed by atoms with Crippen LogP contribution >= 0.6 is 0 Å². The molecule has 0 radical (unpaired) electrons. The lowest BCUT2D eigenvalue weighted by molar-refractivity contribution is 0.0599. The number of nitrogens with two attached hydrogens (primary N) is 1. The number of carbonyl (C=O) groups is 1. The van der Waals surface area contributed by atoms with Crippen LogP contribution in [0, 0.1) is 0 Å². The third-order valence-electron chi connectivity index (χ3n) is 3.08. The molecule has 100 valence electrons. The van der Waals surface area contributed by atoms with Crippen molar-refractivity contribution in [3.63, 3.8) is 0 Å². The fourth-order valence-electron chi connectivity index (χ4n) is 1.98. The molecule has 18 heavy (non-hydrogen) atoms. The molecule has 2 N–H and O–H groups in total. The lowest BCUT2D eigenvalue weighted by Gasteiger charge is -2.25. The summed E-state index contributed by atoms with van der Waals surface area (Å²) in [5.74, 6) is -0.372. The number of anilines is 1. The zero-order valence-electron chi connectivity index (χ0n) is 11.6. The number of esters is 1. The largest absolute Gasteiger partial charge is 0.465 e. The van der Waals surface area contributed by atoms with Gasteiger partial charge in [0.2, 0.25) is 0 Å². The molecule has 0 atom stereocenters. The lowest BCUT2D eigenvalue weighted by atomic mass is 10.0. The summed E-state index contributed by atoms with van der Waals surface area (Å²) in [6.07, 6.45) is 0. The van der Waals surface area contributed by atoms with E-state index in [-0.39, 0.29) is 5.97 Å². The summed E-state index contributed by atoms with van der Waals surface area (Å²) >= 11 is 0. The predicted molar refractivity (Wildman–Crippen MR) is 73.4 cm³/mol. The van der Waals surface area contributed by atoms with Gasteiger partial charge in [-0.15, -0.1) is 0 Å². The Morgan fingerprint density at radius 2 is 2.11 bits per heavy atom. The van der Waals surface area contributed by atoms with Crippen molar-refractivity contribution in [3.05, 3.63) is 29.3 Å². The predicted octanol–water partition coefficient (Wildman–Crippen LogP) is 2.29. The summed E-state index contributed by atoms with van der Waals surface area (Å²) in [5, 5.41) is 0. The highest BCUT2D eigenvalue weighted by atomic mass is 16.5. The van der Waals surface area contributed by atoms with E-state index in [1.54, 1.807) is 6.07 Å². The second-order valence-electron chi connectivity index (χ2n) is 4.53. The van der Waals surface area contributed by atoms with Crippen molar-refractivity contribution in [2.24, 2.45) is 0 Å². The van der Waals surface area contributed by atoms with Crippen molar-refractivity contribution in [3.8, 4) is 0 Å². The summed E-state index contributed by atoms with van der Waals surface area (Å²) < 4.78 is 4.80. The Labute approximate surface area is 109 Å². The van der Waals surface area contributed by atoms with Gasteiger partial charge in [0, 0.05) is 18.3 Å². The maximum atomic E-state index is 11.8. The monoisotopic (exact) mass is 250 g/mol. The molecule has 0 saturated carbocycles. The van der Waals surface area contributed by atoms with Crippen molar-refractivity contribution in [1.82, 2.24) is 4.90 Å². The number of hydrogen-bond acceptors (Lipinski definition) is 4. The SMILES string of the molecule is CCN(Cc1cccc(N)c1C(=O)OC)C(C)C. The minimum absolute atomic E-state index is 0.372. The van der Waals surface area contributed by atoms with Gasteiger partial charge in [-0.1, -0.05) is 19.1 Å². The van der Waals surface area contributed by atoms with E-state index in [1.807, 2.05) is 12.1 Å². The van der Waals surface area contributed by atoms with Gasteiger partial charge in [0.1, 0.15) is 0 Å². The van der Waals surface area contributed by atoms with E-state index in [1.165, 1.54) is 7.11 Å². The number of methoxy groups -OCH3 is 1. The van der Waals surface area contributed by atoms with Crippen LogP contribution in [0.5, 0.6) is 0 Å². The molecule has 4 heteroatoms. The standard InChI is InChI=1S/C14H22N2O2/c1-5-16(10(2)3)9-11-7-6-8-12(15)13(11)14(17)18-4/h6-8,10H,5,9,15H2,1-4H3. The zero-order valence-corrected chi connectivity index (χ0v) is 11.6. The molecule has 1 aromatic rings. The van der Waals surface area contributed by atoms with Crippen LogP contribution in [-0.2, 0) is 11.3 Å². The second kappa shape index (κ2) is 6.40. The highest BCUT2D eigenvalue weighted by Crippen LogP contribution is 2.20. The fourth-order valence-corrected chi connectivity index (χ4v) is 1.98. The van der Waals surface area contributed by atoms with Gasteiger partial charge in [0.05, 0.1) is 12.7 Å². The molecule has 4 nitrogen and oxygen atoms in total. The molecule has 0 bridgehead atoms. The number of nitrogen functional groups attached to an aromatic ring is 1. The molecule has 0 aliphatic carbocycles. The second-order valence-corrected chi connectivity index (χ2v) is 4.53. The molecule has 0 aliphatic rings. The molecule has 0 unspecified atom stereocenters. The Kier molecular flexibility index (Phi) is 5.16. The summed E-state index contributed by atoms with van der Waals surface area (Å²) in [7, 11) is 1.37. The molecule has 0 spiro atoms. The van der Waals surface area contributed by atoms with Gasteiger partial charge in [0.25, 0.3) is 0 Å². The molecule has 1 rings (SSSR count). The van der Waals surface area contributed by atoms with Gasteiger partial charge >= 0.3 is 5.97 Å². The zero-order chi connectivity index (χ0) is 13.7. The molecule has 0 aromatic heterocycles. The van der Waals surface area contributed by atoms with E-state index in [9.17, 15) is 4.79 Å². The first-order chi connectivity index (χ1) is 8.51.